The van der Waals surface area contributed by atoms with Gasteiger partial charge in [-0.25, -0.2) is 0 Å². The van der Waals surface area contributed by atoms with Crippen LogP contribution in [0.25, 0.3) is 0 Å². The van der Waals surface area contributed by atoms with Gasteiger partial charge in [0.2, 0.25) is 0 Å². The van der Waals surface area contributed by atoms with E-state index in [9.17, 15) is 0 Å². The summed E-state index contributed by atoms with van der Waals surface area (Å²) in [5, 5.41) is 4.30. The van der Waals surface area contributed by atoms with Gasteiger partial charge in [0.15, 0.2) is 5.75 Å². The van der Waals surface area contributed by atoms with Crippen LogP contribution in [0.4, 0.5) is 5.69 Å². The maximum Gasteiger partial charge on any atom is 0.156 e. The summed E-state index contributed by atoms with van der Waals surface area (Å²) in [4.78, 5) is 0. The maximum absolute atomic E-state index is 6.10. The summed E-state index contributed by atoms with van der Waals surface area (Å²) in [7, 11) is 1.69. The molecule has 0 atom stereocenters. The Balaban J connectivity index is 2.16. The standard InChI is InChI=1S/C14H19BrClNO/c1-18-14-12(15)8-10(16)9-13(14)17-11-6-4-2-3-5-7-11/h8-9,11,17H,2-7H2,1H3. The summed E-state index contributed by atoms with van der Waals surface area (Å²) >= 11 is 9.59. The monoisotopic (exact) mass is 331 g/mol. The molecule has 0 radical (unpaired) electrons. The number of halogens is 2. The SMILES string of the molecule is COc1c(Br)cc(Cl)cc1NC1CCCCCC1. The fraction of sp³-hybridized carbons (Fsp3) is 0.571. The zero-order chi connectivity index (χ0) is 13.0. The summed E-state index contributed by atoms with van der Waals surface area (Å²) in [6.45, 7) is 0. The van der Waals surface area contributed by atoms with Crippen LogP contribution in [0.2, 0.25) is 5.02 Å². The topological polar surface area (TPSA) is 21.3 Å². The van der Waals surface area contributed by atoms with Gasteiger partial charge in [-0.1, -0.05) is 37.3 Å². The molecule has 1 aromatic carbocycles. The second kappa shape index (κ2) is 6.67. The van der Waals surface area contributed by atoms with Crippen LogP contribution in [0.1, 0.15) is 38.5 Å². The molecule has 0 bridgehead atoms. The molecule has 18 heavy (non-hydrogen) atoms. The molecule has 0 heterocycles. The van der Waals surface area contributed by atoms with Crippen molar-refractivity contribution in [2.24, 2.45) is 0 Å². The van der Waals surface area contributed by atoms with E-state index in [4.69, 9.17) is 16.3 Å². The molecule has 0 saturated heterocycles. The fourth-order valence-corrected chi connectivity index (χ4v) is 3.49. The molecule has 1 fully saturated rings. The smallest absolute Gasteiger partial charge is 0.156 e. The van der Waals surface area contributed by atoms with Crippen molar-refractivity contribution in [3.05, 3.63) is 21.6 Å². The highest BCUT2D eigenvalue weighted by Gasteiger charge is 2.16. The lowest BCUT2D eigenvalue weighted by atomic mass is 10.1. The van der Waals surface area contributed by atoms with Gasteiger partial charge in [-0.05, 0) is 40.9 Å². The first-order chi connectivity index (χ1) is 8.70. The Morgan fingerprint density at radius 1 is 1.22 bits per heavy atom. The van der Waals surface area contributed by atoms with Crippen LogP contribution in [0.3, 0.4) is 0 Å². The quantitative estimate of drug-likeness (QED) is 0.764. The zero-order valence-corrected chi connectivity index (χ0v) is 13.0. The third-order valence-electron chi connectivity index (χ3n) is 3.43. The Morgan fingerprint density at radius 2 is 1.89 bits per heavy atom. The van der Waals surface area contributed by atoms with Crippen molar-refractivity contribution in [3.8, 4) is 5.75 Å². The molecular weight excluding hydrogens is 314 g/mol. The van der Waals surface area contributed by atoms with Crippen molar-refractivity contribution in [2.45, 2.75) is 44.6 Å². The first kappa shape index (κ1) is 14.0. The lowest BCUT2D eigenvalue weighted by Crippen LogP contribution is -2.18. The minimum atomic E-state index is 0.534. The summed E-state index contributed by atoms with van der Waals surface area (Å²) in [6.07, 6.45) is 7.78. The number of methoxy groups -OCH3 is 1. The van der Waals surface area contributed by atoms with E-state index in [-0.39, 0.29) is 0 Å². The van der Waals surface area contributed by atoms with Crippen molar-refractivity contribution in [2.75, 3.05) is 12.4 Å². The van der Waals surface area contributed by atoms with E-state index >= 15 is 0 Å². The Morgan fingerprint density at radius 3 is 2.50 bits per heavy atom. The first-order valence-electron chi connectivity index (χ1n) is 6.50. The number of benzene rings is 1. The molecule has 1 N–H and O–H groups in total. The summed E-state index contributed by atoms with van der Waals surface area (Å²) in [6, 6.07) is 4.33. The molecule has 0 amide bonds. The van der Waals surface area contributed by atoms with Crippen LogP contribution in [0.15, 0.2) is 16.6 Å². The van der Waals surface area contributed by atoms with Gasteiger partial charge in [0.05, 0.1) is 17.3 Å². The van der Waals surface area contributed by atoms with Crippen LogP contribution >= 0.6 is 27.5 Å². The average molecular weight is 333 g/mol. The van der Waals surface area contributed by atoms with Gasteiger partial charge in [0.1, 0.15) is 0 Å². The highest BCUT2D eigenvalue weighted by molar-refractivity contribution is 9.10. The zero-order valence-electron chi connectivity index (χ0n) is 10.6. The summed E-state index contributed by atoms with van der Waals surface area (Å²) in [5.41, 5.74) is 0.990. The third kappa shape index (κ3) is 3.55. The van der Waals surface area contributed by atoms with Gasteiger partial charge >= 0.3 is 0 Å². The van der Waals surface area contributed by atoms with Gasteiger partial charge in [0, 0.05) is 11.1 Å². The molecule has 0 aliphatic heterocycles. The molecule has 1 aromatic rings. The molecular formula is C14H19BrClNO. The van der Waals surface area contributed by atoms with E-state index in [1.165, 1.54) is 38.5 Å². The predicted molar refractivity (Wildman–Crippen MR) is 80.8 cm³/mol. The van der Waals surface area contributed by atoms with Crippen molar-refractivity contribution < 1.29 is 4.74 Å². The van der Waals surface area contributed by atoms with Gasteiger partial charge in [-0.2, -0.15) is 0 Å². The molecule has 2 nitrogen and oxygen atoms in total. The normalized spacial score (nSPS) is 17.3. The number of rotatable bonds is 3. The maximum atomic E-state index is 6.10. The largest absolute Gasteiger partial charge is 0.493 e. The molecule has 0 unspecified atom stereocenters. The minimum absolute atomic E-state index is 0.534. The first-order valence-corrected chi connectivity index (χ1v) is 7.67. The van der Waals surface area contributed by atoms with Gasteiger partial charge in [-0.15, -0.1) is 0 Å². The molecule has 100 valence electrons. The van der Waals surface area contributed by atoms with E-state index in [1.807, 2.05) is 12.1 Å². The van der Waals surface area contributed by atoms with Crippen LogP contribution < -0.4 is 10.1 Å². The molecule has 0 spiro atoms. The second-order valence-corrected chi connectivity index (χ2v) is 6.09. The van der Waals surface area contributed by atoms with Crippen LogP contribution in [0, 0.1) is 0 Å². The van der Waals surface area contributed by atoms with E-state index in [2.05, 4.69) is 21.2 Å². The molecule has 1 saturated carbocycles. The highest BCUT2D eigenvalue weighted by atomic mass is 79.9. The van der Waals surface area contributed by atoms with Crippen molar-refractivity contribution in [1.82, 2.24) is 0 Å². The Kier molecular flexibility index (Phi) is 5.19. The number of anilines is 1. The molecule has 1 aliphatic carbocycles. The second-order valence-electron chi connectivity index (χ2n) is 4.80. The lowest BCUT2D eigenvalue weighted by molar-refractivity contribution is 0.413. The Bertz CT molecular complexity index is 403. The fourth-order valence-electron chi connectivity index (χ4n) is 2.52. The summed E-state index contributed by atoms with van der Waals surface area (Å²) in [5.74, 6) is 0.837. The molecule has 0 aromatic heterocycles. The van der Waals surface area contributed by atoms with E-state index < -0.39 is 0 Å². The Labute approximate surface area is 122 Å². The van der Waals surface area contributed by atoms with E-state index in [0.29, 0.717) is 6.04 Å². The van der Waals surface area contributed by atoms with Crippen molar-refractivity contribution in [3.63, 3.8) is 0 Å². The highest BCUT2D eigenvalue weighted by Crippen LogP contribution is 2.37. The number of hydrogen-bond donors (Lipinski definition) is 1. The van der Waals surface area contributed by atoms with Crippen LogP contribution in [-0.2, 0) is 0 Å². The average Bonchev–Trinajstić information content (AvgIpc) is 2.57. The van der Waals surface area contributed by atoms with Crippen LogP contribution in [-0.4, -0.2) is 13.2 Å². The molecule has 2 rings (SSSR count). The van der Waals surface area contributed by atoms with Gasteiger partial charge in [-0.3, -0.25) is 0 Å². The van der Waals surface area contributed by atoms with Crippen molar-refractivity contribution in [1.29, 1.82) is 0 Å². The van der Waals surface area contributed by atoms with Crippen molar-refractivity contribution >= 4 is 33.2 Å². The van der Waals surface area contributed by atoms with Gasteiger partial charge < -0.3 is 10.1 Å². The van der Waals surface area contributed by atoms with E-state index in [1.54, 1.807) is 7.11 Å². The minimum Gasteiger partial charge on any atom is -0.493 e. The number of nitrogens with one attached hydrogen (secondary N) is 1. The summed E-state index contributed by atoms with van der Waals surface area (Å²) < 4.78 is 6.33. The predicted octanol–water partition coefficient (Wildman–Crippen LogP) is 5.25. The molecule has 1 aliphatic rings. The number of ether oxygens (including phenoxy) is 1. The van der Waals surface area contributed by atoms with Gasteiger partial charge in [0.25, 0.3) is 0 Å². The van der Waals surface area contributed by atoms with E-state index in [0.717, 1.165) is 20.9 Å². The number of hydrogen-bond acceptors (Lipinski definition) is 2. The lowest BCUT2D eigenvalue weighted by Gasteiger charge is -2.20. The third-order valence-corrected chi connectivity index (χ3v) is 4.23. The molecule has 4 heteroatoms. The Hall–Kier alpha value is -0.410. The van der Waals surface area contributed by atoms with Crippen LogP contribution in [0.5, 0.6) is 5.75 Å².